The first-order chi connectivity index (χ1) is 28.9. The Balaban J connectivity index is 0.000000205. The molecule has 0 aliphatic rings. The molecule has 0 saturated carbocycles. The summed E-state index contributed by atoms with van der Waals surface area (Å²) in [5.74, 6) is 2.58. The number of pyridine rings is 1. The summed E-state index contributed by atoms with van der Waals surface area (Å²) in [6.45, 7) is 34.1. The van der Waals surface area contributed by atoms with E-state index in [1.165, 1.54) is 33.4 Å². The molecule has 2 aromatic heterocycles. The Morgan fingerprint density at radius 2 is 1.02 bits per heavy atom. The highest BCUT2D eigenvalue weighted by Gasteiger charge is 2.24. The average Bonchev–Trinajstić information content (AvgIpc) is 3.73. The zero-order valence-corrected chi connectivity index (χ0v) is 40.9. The minimum absolute atomic E-state index is 0.000267. The molecule has 3 unspecified atom stereocenters. The second-order valence-corrected chi connectivity index (χ2v) is 20.9. The first-order valence-corrected chi connectivity index (χ1v) is 22.4. The van der Waals surface area contributed by atoms with E-state index in [1.54, 1.807) is 12.5 Å². The number of hydrogen-bond acceptors (Lipinski definition) is 5. The van der Waals surface area contributed by atoms with Gasteiger partial charge >= 0.3 is 0 Å². The molecule has 0 radical (unpaired) electrons. The SMILES string of the molecule is CC(C)(C)c1ccccc1Oc1ncccc1C(C)(C)C.CC(NC(C)c1ccc(C(C)(C)C)cc1)c1ccccc1.CC(c1ccc(C(C)(C)C)cc1)N(C)Cc1ccco1. The van der Waals surface area contributed by atoms with Crippen molar-refractivity contribution in [3.63, 3.8) is 0 Å². The number of hydrogen-bond donors (Lipinski definition) is 1. The van der Waals surface area contributed by atoms with Crippen LogP contribution in [0.1, 0.15) is 167 Å². The van der Waals surface area contributed by atoms with Crippen LogP contribution in [0.4, 0.5) is 0 Å². The molecule has 6 aromatic rings. The summed E-state index contributed by atoms with van der Waals surface area (Å²) in [5.41, 5.74) is 9.54. The maximum Gasteiger partial charge on any atom is 0.222 e. The molecule has 0 aliphatic heterocycles. The minimum atomic E-state index is 0.000267. The summed E-state index contributed by atoms with van der Waals surface area (Å²) in [5, 5.41) is 3.67. The van der Waals surface area contributed by atoms with Crippen LogP contribution in [0.2, 0.25) is 0 Å². The maximum absolute atomic E-state index is 6.18. The number of para-hydroxylation sites is 1. The Bertz CT molecular complexity index is 2140. The van der Waals surface area contributed by atoms with E-state index < -0.39 is 0 Å². The van der Waals surface area contributed by atoms with Crippen LogP contribution in [0, 0.1) is 0 Å². The van der Waals surface area contributed by atoms with Crippen LogP contribution >= 0.6 is 0 Å². The van der Waals surface area contributed by atoms with Crippen molar-refractivity contribution in [1.29, 1.82) is 0 Å². The number of furan rings is 1. The summed E-state index contributed by atoms with van der Waals surface area (Å²) in [7, 11) is 2.13. The van der Waals surface area contributed by atoms with Gasteiger partial charge < -0.3 is 14.5 Å². The molecule has 0 aliphatic carbocycles. The molecular weight excluding hydrogens is 759 g/mol. The van der Waals surface area contributed by atoms with Gasteiger partial charge in [0, 0.05) is 35.4 Å². The van der Waals surface area contributed by atoms with Crippen LogP contribution < -0.4 is 10.1 Å². The van der Waals surface area contributed by atoms with Gasteiger partial charge in [0.15, 0.2) is 0 Å². The van der Waals surface area contributed by atoms with E-state index in [0.29, 0.717) is 24.0 Å². The number of aromatic nitrogens is 1. The zero-order valence-electron chi connectivity index (χ0n) is 40.9. The van der Waals surface area contributed by atoms with Gasteiger partial charge in [-0.05, 0) is 102 Å². The number of benzene rings is 4. The summed E-state index contributed by atoms with van der Waals surface area (Å²) in [4.78, 5) is 6.74. The fourth-order valence-electron chi connectivity index (χ4n) is 7.20. The van der Waals surface area contributed by atoms with Crippen molar-refractivity contribution in [3.8, 4) is 11.6 Å². The van der Waals surface area contributed by atoms with Crippen molar-refractivity contribution in [2.75, 3.05) is 7.05 Å². The van der Waals surface area contributed by atoms with Crippen LogP contribution in [0.5, 0.6) is 11.6 Å². The van der Waals surface area contributed by atoms with E-state index in [9.17, 15) is 0 Å². The van der Waals surface area contributed by atoms with E-state index in [1.807, 2.05) is 30.3 Å². The first kappa shape index (κ1) is 49.7. The molecule has 332 valence electrons. The number of nitrogens with zero attached hydrogens (tertiary/aromatic N) is 2. The lowest BCUT2D eigenvalue weighted by Gasteiger charge is -2.25. The normalized spacial score (nSPS) is 13.6. The molecule has 0 amide bonds. The van der Waals surface area contributed by atoms with Gasteiger partial charge in [-0.25, -0.2) is 4.98 Å². The maximum atomic E-state index is 6.18. The Morgan fingerprint density at radius 3 is 1.52 bits per heavy atom. The lowest BCUT2D eigenvalue weighted by Crippen LogP contribution is -2.22. The van der Waals surface area contributed by atoms with E-state index >= 15 is 0 Å². The lowest BCUT2D eigenvalue weighted by molar-refractivity contribution is 0.232. The van der Waals surface area contributed by atoms with Crippen LogP contribution in [0.15, 0.2) is 144 Å². The minimum Gasteiger partial charge on any atom is -0.468 e. The lowest BCUT2D eigenvalue weighted by atomic mass is 9.86. The van der Waals surface area contributed by atoms with Crippen molar-refractivity contribution < 1.29 is 9.15 Å². The van der Waals surface area contributed by atoms with Crippen LogP contribution in [0.25, 0.3) is 0 Å². The molecule has 3 atom stereocenters. The van der Waals surface area contributed by atoms with Crippen molar-refractivity contribution in [3.05, 3.63) is 185 Å². The van der Waals surface area contributed by atoms with E-state index in [-0.39, 0.29) is 21.7 Å². The molecule has 6 rings (SSSR count). The van der Waals surface area contributed by atoms with Gasteiger partial charge in [-0.15, -0.1) is 0 Å². The van der Waals surface area contributed by atoms with Crippen LogP contribution in [0.3, 0.4) is 0 Å². The Hall–Kier alpha value is -4.97. The Labute approximate surface area is 376 Å². The number of nitrogens with one attached hydrogen (secondary N) is 1. The van der Waals surface area contributed by atoms with E-state index in [4.69, 9.17) is 9.15 Å². The van der Waals surface area contributed by atoms with E-state index in [0.717, 1.165) is 23.6 Å². The highest BCUT2D eigenvalue weighted by atomic mass is 16.5. The van der Waals surface area contributed by atoms with Crippen molar-refractivity contribution in [2.24, 2.45) is 0 Å². The monoisotopic (exact) mass is 836 g/mol. The molecular formula is C57H77N3O2. The summed E-state index contributed by atoms with van der Waals surface area (Å²) in [6.07, 6.45) is 3.51. The number of rotatable bonds is 10. The highest BCUT2D eigenvalue weighted by molar-refractivity contribution is 5.43. The number of ether oxygens (including phenoxy) is 1. The van der Waals surface area contributed by atoms with Crippen molar-refractivity contribution in [2.45, 2.75) is 150 Å². The van der Waals surface area contributed by atoms with Gasteiger partial charge in [-0.1, -0.05) is 186 Å². The van der Waals surface area contributed by atoms with Gasteiger partial charge in [0.1, 0.15) is 11.5 Å². The fraction of sp³-hybridized carbons (Fsp3) is 0.421. The first-order valence-electron chi connectivity index (χ1n) is 22.4. The molecule has 5 nitrogen and oxygen atoms in total. The predicted molar refractivity (Wildman–Crippen MR) is 263 cm³/mol. The Morgan fingerprint density at radius 1 is 0.532 bits per heavy atom. The molecule has 4 aromatic carbocycles. The average molecular weight is 836 g/mol. The fourth-order valence-corrected chi connectivity index (χ4v) is 7.20. The van der Waals surface area contributed by atoms with Crippen LogP contribution in [-0.2, 0) is 28.2 Å². The molecule has 0 spiro atoms. The van der Waals surface area contributed by atoms with Crippen LogP contribution in [-0.4, -0.2) is 16.9 Å². The third kappa shape index (κ3) is 14.8. The smallest absolute Gasteiger partial charge is 0.222 e. The summed E-state index contributed by atoms with van der Waals surface area (Å²) < 4.78 is 11.6. The second kappa shape index (κ2) is 21.4. The molecule has 62 heavy (non-hydrogen) atoms. The van der Waals surface area contributed by atoms with Crippen molar-refractivity contribution in [1.82, 2.24) is 15.2 Å². The quantitative estimate of drug-likeness (QED) is 0.149. The topological polar surface area (TPSA) is 50.5 Å². The highest BCUT2D eigenvalue weighted by Crippen LogP contribution is 2.37. The Kier molecular flexibility index (Phi) is 17.2. The van der Waals surface area contributed by atoms with Gasteiger partial charge in [0.25, 0.3) is 0 Å². The summed E-state index contributed by atoms with van der Waals surface area (Å²) in [6, 6.07) is 45.8. The summed E-state index contributed by atoms with van der Waals surface area (Å²) >= 11 is 0. The molecule has 1 N–H and O–H groups in total. The predicted octanol–water partition coefficient (Wildman–Crippen LogP) is 15.6. The van der Waals surface area contributed by atoms with Gasteiger partial charge in [-0.3, -0.25) is 4.90 Å². The standard InChI is InChI=1S/C20H27N.C19H25NO.C18H25NO/c1-15(17-9-7-6-8-10-17)21-16(2)18-11-13-19(14-12-18)20(3,4)5;1-18(2,3)14-10-7-8-12-16(14)21-17-15(19(4,5)6)11-9-13-20-17;1-14(19(5)13-17-7-6-12-20-17)15-8-10-16(11-9-15)18(2,3)4/h6-16,21H,1-5H3;7-13H,1-6H3;6-12,14H,13H2,1-5H3. The molecule has 0 bridgehead atoms. The van der Waals surface area contributed by atoms with Gasteiger partial charge in [-0.2, -0.15) is 0 Å². The molecule has 0 saturated heterocycles. The molecule has 5 heteroatoms. The second-order valence-electron chi connectivity index (χ2n) is 20.9. The largest absolute Gasteiger partial charge is 0.468 e. The van der Waals surface area contributed by atoms with Gasteiger partial charge in [0.05, 0.1) is 12.8 Å². The molecule has 0 fully saturated rings. The third-order valence-electron chi connectivity index (χ3n) is 11.5. The third-order valence-corrected chi connectivity index (χ3v) is 11.5. The zero-order chi connectivity index (χ0) is 45.9. The molecule has 2 heterocycles. The van der Waals surface area contributed by atoms with Crippen molar-refractivity contribution >= 4 is 0 Å². The van der Waals surface area contributed by atoms with E-state index in [2.05, 4.69) is 223 Å². The van der Waals surface area contributed by atoms with Gasteiger partial charge in [0.2, 0.25) is 5.88 Å².